The molecule has 0 aliphatic heterocycles. The van der Waals surface area contributed by atoms with Crippen molar-refractivity contribution in [2.45, 2.75) is 90.2 Å². The van der Waals surface area contributed by atoms with Crippen molar-refractivity contribution in [1.82, 2.24) is 14.8 Å². The monoisotopic (exact) mass is 639 g/mol. The number of allylic oxidation sites excluding steroid dienone is 1. The summed E-state index contributed by atoms with van der Waals surface area (Å²) < 4.78 is 13.2. The van der Waals surface area contributed by atoms with Crippen molar-refractivity contribution < 1.29 is 34.1 Å². The molecule has 3 saturated carbocycles. The summed E-state index contributed by atoms with van der Waals surface area (Å²) in [6, 6.07) is 1.61. The summed E-state index contributed by atoms with van der Waals surface area (Å²) in [5.74, 6) is -2.27. The van der Waals surface area contributed by atoms with Crippen LogP contribution in [0, 0.1) is 34.5 Å². The highest BCUT2D eigenvalue weighted by Gasteiger charge is 2.74. The fourth-order valence-electron chi connectivity index (χ4n) is 9.63. The van der Waals surface area contributed by atoms with Crippen LogP contribution in [0.2, 0.25) is 0 Å². The highest BCUT2D eigenvalue weighted by atomic mass is 35.5. The van der Waals surface area contributed by atoms with Crippen LogP contribution in [0.4, 0.5) is 0 Å². The maximum absolute atomic E-state index is 14.1. The van der Waals surface area contributed by atoms with Gasteiger partial charge in [-0.15, -0.1) is 11.6 Å². The number of aromatic hydroxyl groups is 1. The number of hydrogen-bond acceptors (Lipinski definition) is 9. The lowest BCUT2D eigenvalue weighted by molar-refractivity contribution is -0.207. The molecule has 11 heteroatoms. The number of alkyl halides is 1. The minimum atomic E-state index is -1.56. The zero-order valence-electron chi connectivity index (χ0n) is 26.5. The van der Waals surface area contributed by atoms with Crippen molar-refractivity contribution >= 4 is 35.4 Å². The van der Waals surface area contributed by atoms with Gasteiger partial charge in [0, 0.05) is 35.6 Å². The van der Waals surface area contributed by atoms with Gasteiger partial charge in [0.05, 0.1) is 36.1 Å². The van der Waals surface area contributed by atoms with Crippen LogP contribution in [0.1, 0.15) is 78.0 Å². The number of halogens is 1. The van der Waals surface area contributed by atoms with Crippen LogP contribution in [0.5, 0.6) is 5.75 Å². The molecule has 0 saturated heterocycles. The van der Waals surface area contributed by atoms with Gasteiger partial charge >= 0.3 is 11.9 Å². The van der Waals surface area contributed by atoms with Gasteiger partial charge in [0.15, 0.2) is 12.2 Å². The predicted octanol–water partition coefficient (Wildman–Crippen LogP) is 4.80. The number of carbonyl (C=O) groups excluding carboxylic acids is 3. The highest BCUT2D eigenvalue weighted by molar-refractivity contribution is 6.21. The van der Waals surface area contributed by atoms with Crippen LogP contribution < -0.4 is 0 Å². The zero-order valence-corrected chi connectivity index (χ0v) is 27.2. The first kappa shape index (κ1) is 31.7. The molecule has 45 heavy (non-hydrogen) atoms. The molecule has 4 aliphatic rings. The number of fused-ring (bicyclic) bond motifs is 6. The van der Waals surface area contributed by atoms with Crippen LogP contribution in [0.15, 0.2) is 30.2 Å². The van der Waals surface area contributed by atoms with Gasteiger partial charge < -0.3 is 19.7 Å². The fraction of sp³-hybridized carbons (Fsp3) is 0.618. The van der Waals surface area contributed by atoms with E-state index in [1.165, 1.54) is 6.20 Å². The Balaban J connectivity index is 1.39. The number of nitrogens with zero attached hydrogens (tertiary/aromatic N) is 3. The third kappa shape index (κ3) is 4.65. The third-order valence-electron chi connectivity index (χ3n) is 11.5. The minimum Gasteiger partial charge on any atom is -0.506 e. The smallest absolute Gasteiger partial charge is 0.306 e. The van der Waals surface area contributed by atoms with Gasteiger partial charge in [-0.25, -0.2) is 4.68 Å². The Labute approximate surface area is 268 Å². The first-order valence-electron chi connectivity index (χ1n) is 16.0. The number of aliphatic hydroxyl groups is 1. The van der Waals surface area contributed by atoms with E-state index in [1.54, 1.807) is 30.8 Å². The summed E-state index contributed by atoms with van der Waals surface area (Å²) in [7, 11) is 0. The van der Waals surface area contributed by atoms with Crippen LogP contribution in [0.3, 0.4) is 0 Å². The van der Waals surface area contributed by atoms with Crippen molar-refractivity contribution in [3.8, 4) is 11.4 Å². The van der Waals surface area contributed by atoms with E-state index in [2.05, 4.69) is 23.1 Å². The molecule has 242 valence electrons. The SMILES string of the molecule is CCC(=O)OCC(=O)C1(OC(=O)CC)[C@H](C)C[C@H]2[C@H]3[C@H]([C@@H](O)C[C@@]21C)[C@@]1(C)Cc2cnn(-c4cncc(O)c4)c2C=C1C[C@H]3Cl. The topological polar surface area (TPSA) is 141 Å². The Morgan fingerprint density at radius 2 is 1.87 bits per heavy atom. The molecule has 2 aromatic rings. The Bertz CT molecular complexity index is 1570. The van der Waals surface area contributed by atoms with Gasteiger partial charge in [-0.05, 0) is 60.5 Å². The summed E-state index contributed by atoms with van der Waals surface area (Å²) in [4.78, 5) is 43.2. The molecule has 2 aromatic heterocycles. The summed E-state index contributed by atoms with van der Waals surface area (Å²) >= 11 is 7.34. The Hall–Kier alpha value is -3.24. The molecule has 0 aromatic carbocycles. The molecule has 2 N–H and O–H groups in total. The number of esters is 2. The van der Waals surface area contributed by atoms with Crippen LogP contribution >= 0.6 is 11.6 Å². The lowest BCUT2D eigenvalue weighted by Gasteiger charge is -2.61. The highest BCUT2D eigenvalue weighted by Crippen LogP contribution is 2.70. The average Bonchev–Trinajstić information content (AvgIpc) is 3.49. The number of ketones is 1. The fourth-order valence-corrected chi connectivity index (χ4v) is 10.1. The largest absolute Gasteiger partial charge is 0.506 e. The molecule has 0 amide bonds. The van der Waals surface area contributed by atoms with Crippen molar-refractivity contribution in [3.05, 3.63) is 41.5 Å². The second-order valence-electron chi connectivity index (χ2n) is 13.9. The van der Waals surface area contributed by atoms with Gasteiger partial charge in [-0.2, -0.15) is 5.10 Å². The normalized spacial score (nSPS) is 36.6. The molecule has 2 heterocycles. The van der Waals surface area contributed by atoms with Crippen molar-refractivity contribution in [2.24, 2.45) is 34.5 Å². The minimum absolute atomic E-state index is 0.0493. The van der Waals surface area contributed by atoms with Gasteiger partial charge in [0.2, 0.25) is 5.78 Å². The number of Topliss-reactive ketones (excluding diaryl/α,β-unsaturated/α-hetero) is 1. The van der Waals surface area contributed by atoms with Crippen LogP contribution in [-0.2, 0) is 30.3 Å². The Kier molecular flexibility index (Phi) is 7.92. The number of aliphatic hydroxyl groups excluding tert-OH is 1. The second kappa shape index (κ2) is 11.2. The summed E-state index contributed by atoms with van der Waals surface area (Å²) in [6.45, 7) is 8.92. The van der Waals surface area contributed by atoms with Crippen LogP contribution in [-0.4, -0.2) is 66.4 Å². The molecule has 4 aliphatic carbocycles. The number of rotatable bonds is 7. The molecule has 1 unspecified atom stereocenters. The standard InChI is InChI=1S/C34H42ClN3O7/c1-6-28(42)44-17-27(41)34(45-29(43)7-2)18(3)8-23-30-24(35)9-20-10-25-19(14-37-38(25)21-11-22(39)16-36-15-21)12-32(20,4)31(30)26(40)13-33(23,34)5/h10-11,14-16,18,23-24,26,30-31,39-40H,6-9,12-13,17H2,1-5H3/t18-,23+,24-,26+,30-,31+,32+,33+,34?/m1/s1. The third-order valence-corrected chi connectivity index (χ3v) is 12.0. The van der Waals surface area contributed by atoms with Gasteiger partial charge in [-0.1, -0.05) is 40.2 Å². The molecule has 0 bridgehead atoms. The van der Waals surface area contributed by atoms with E-state index in [1.807, 2.05) is 20.0 Å². The number of ether oxygens (including phenoxy) is 2. The molecule has 9 atom stereocenters. The van der Waals surface area contributed by atoms with E-state index in [0.717, 1.165) is 16.8 Å². The lowest BCUT2D eigenvalue weighted by Crippen LogP contribution is -2.66. The summed E-state index contributed by atoms with van der Waals surface area (Å²) in [5, 5.41) is 26.5. The maximum Gasteiger partial charge on any atom is 0.306 e. The zero-order chi connectivity index (χ0) is 32.5. The number of carbonyl (C=O) groups is 3. The first-order chi connectivity index (χ1) is 21.3. The summed E-state index contributed by atoms with van der Waals surface area (Å²) in [6.07, 6.45) is 8.40. The van der Waals surface area contributed by atoms with E-state index in [9.17, 15) is 24.6 Å². The van der Waals surface area contributed by atoms with Crippen molar-refractivity contribution in [2.75, 3.05) is 6.61 Å². The molecule has 3 fully saturated rings. The molecule has 0 radical (unpaired) electrons. The molecule has 10 nitrogen and oxygen atoms in total. The van der Waals surface area contributed by atoms with E-state index < -0.39 is 46.9 Å². The number of hydrogen-bond donors (Lipinski definition) is 2. The van der Waals surface area contributed by atoms with E-state index in [-0.39, 0.29) is 54.1 Å². The number of pyridine rings is 1. The van der Waals surface area contributed by atoms with E-state index >= 15 is 0 Å². The lowest BCUT2D eigenvalue weighted by atomic mass is 9.45. The quantitative estimate of drug-likeness (QED) is 0.323. The maximum atomic E-state index is 14.1. The van der Waals surface area contributed by atoms with Crippen molar-refractivity contribution in [3.63, 3.8) is 0 Å². The van der Waals surface area contributed by atoms with Gasteiger partial charge in [-0.3, -0.25) is 19.4 Å². The summed E-state index contributed by atoms with van der Waals surface area (Å²) in [5.41, 5.74) is 0.791. The van der Waals surface area contributed by atoms with Gasteiger partial charge in [0.25, 0.3) is 0 Å². The predicted molar refractivity (Wildman–Crippen MR) is 165 cm³/mol. The van der Waals surface area contributed by atoms with E-state index in [0.29, 0.717) is 24.9 Å². The van der Waals surface area contributed by atoms with Gasteiger partial charge in [0.1, 0.15) is 5.75 Å². The van der Waals surface area contributed by atoms with Crippen molar-refractivity contribution in [1.29, 1.82) is 0 Å². The molecular formula is C34H42ClN3O7. The van der Waals surface area contributed by atoms with Crippen LogP contribution in [0.25, 0.3) is 11.8 Å². The molecule has 6 rings (SSSR count). The molecular weight excluding hydrogens is 598 g/mol. The Morgan fingerprint density at radius 1 is 1.13 bits per heavy atom. The average molecular weight is 640 g/mol. The Morgan fingerprint density at radius 3 is 2.56 bits per heavy atom. The first-order valence-corrected chi connectivity index (χ1v) is 16.4. The molecule has 0 spiro atoms. The van der Waals surface area contributed by atoms with E-state index in [4.69, 9.17) is 21.1 Å². The second-order valence-corrected chi connectivity index (χ2v) is 14.4. The number of aromatic nitrogens is 3.